The largest absolute Gasteiger partial charge is 0.412 e. The van der Waals surface area contributed by atoms with E-state index in [0.717, 1.165) is 43.2 Å². The number of Topliss-reactive ketones (excluding diaryl/α,β-unsaturated/α-hetero) is 2. The van der Waals surface area contributed by atoms with Crippen LogP contribution in [-0.4, -0.2) is 11.6 Å². The molecule has 2 bridgehead atoms. The fourth-order valence-corrected chi connectivity index (χ4v) is 5.58. The van der Waals surface area contributed by atoms with Crippen molar-refractivity contribution in [3.05, 3.63) is 29.3 Å². The third-order valence-electron chi connectivity index (χ3n) is 6.66. The minimum absolute atomic E-state index is 0.0132. The van der Waals surface area contributed by atoms with Gasteiger partial charge in [0.25, 0.3) is 0 Å². The van der Waals surface area contributed by atoms with E-state index in [-0.39, 0.29) is 23.4 Å². The fourth-order valence-electron chi connectivity index (χ4n) is 5.58. The van der Waals surface area contributed by atoms with E-state index >= 15 is 0 Å². The summed E-state index contributed by atoms with van der Waals surface area (Å²) in [4.78, 5) is 31.0. The Labute approximate surface area is 135 Å². The van der Waals surface area contributed by atoms with Crippen LogP contribution in [0.1, 0.15) is 55.1 Å². The van der Waals surface area contributed by atoms with Crippen LogP contribution in [0.4, 0.5) is 0 Å². The zero-order chi connectivity index (χ0) is 15.7. The third kappa shape index (κ3) is 1.81. The van der Waals surface area contributed by atoms with Gasteiger partial charge in [-0.25, -0.2) is 0 Å². The van der Waals surface area contributed by atoms with Gasteiger partial charge in [-0.1, -0.05) is 6.07 Å². The van der Waals surface area contributed by atoms with Crippen molar-refractivity contribution >= 4 is 11.6 Å². The highest BCUT2D eigenvalue weighted by molar-refractivity contribution is 6.16. The van der Waals surface area contributed by atoms with Gasteiger partial charge in [0, 0.05) is 11.8 Å². The Morgan fingerprint density at radius 1 is 0.913 bits per heavy atom. The zero-order valence-electron chi connectivity index (χ0n) is 13.0. The molecule has 4 nitrogen and oxygen atoms in total. The monoisotopic (exact) mass is 311 g/mol. The van der Waals surface area contributed by atoms with Gasteiger partial charge in [-0.2, -0.15) is 5.90 Å². The van der Waals surface area contributed by atoms with Crippen LogP contribution in [0.2, 0.25) is 0 Å². The highest BCUT2D eigenvalue weighted by Crippen LogP contribution is 2.59. The summed E-state index contributed by atoms with van der Waals surface area (Å²) in [5.41, 5.74) is 2.03. The minimum Gasteiger partial charge on any atom is -0.412 e. The van der Waals surface area contributed by atoms with Gasteiger partial charge in [0.2, 0.25) is 0 Å². The first-order chi connectivity index (χ1) is 11.2. The molecule has 4 unspecified atom stereocenters. The summed E-state index contributed by atoms with van der Waals surface area (Å²) in [6.07, 6.45) is 5.62. The SMILES string of the molecule is NOc1ccc(C2CC2)c(C2C(=O)C3C4CCC(C4)C3C2=O)c1. The van der Waals surface area contributed by atoms with Crippen LogP contribution < -0.4 is 10.7 Å². The number of hydrogen-bond acceptors (Lipinski definition) is 4. The fraction of sp³-hybridized carbons (Fsp3) is 0.579. The normalized spacial score (nSPS) is 38.2. The smallest absolute Gasteiger partial charge is 0.151 e. The van der Waals surface area contributed by atoms with Gasteiger partial charge in [-0.3, -0.25) is 9.59 Å². The Morgan fingerprint density at radius 3 is 2.13 bits per heavy atom. The number of hydrogen-bond donors (Lipinski definition) is 1. The van der Waals surface area contributed by atoms with E-state index in [1.165, 1.54) is 0 Å². The van der Waals surface area contributed by atoms with Crippen molar-refractivity contribution in [2.45, 2.75) is 43.9 Å². The summed E-state index contributed by atoms with van der Waals surface area (Å²) in [6, 6.07) is 5.67. The van der Waals surface area contributed by atoms with Gasteiger partial charge < -0.3 is 4.84 Å². The standard InChI is InChI=1S/C19H21NO3/c20-23-12-5-6-13(9-1-2-9)14(8-12)17-18(21)15-10-3-4-11(7-10)16(15)19(17)22/h5-6,8-11,15-17H,1-4,7,20H2. The maximum atomic E-state index is 13.1. The molecule has 4 aliphatic rings. The number of benzene rings is 1. The van der Waals surface area contributed by atoms with E-state index < -0.39 is 5.92 Å². The first-order valence-corrected chi connectivity index (χ1v) is 8.77. The molecule has 5 rings (SSSR count). The number of carbonyl (C=O) groups excluding carboxylic acids is 2. The molecule has 4 saturated carbocycles. The van der Waals surface area contributed by atoms with Crippen molar-refractivity contribution in [1.82, 2.24) is 0 Å². The second kappa shape index (κ2) is 4.67. The molecule has 1 aromatic carbocycles. The van der Waals surface area contributed by atoms with Gasteiger partial charge in [0.1, 0.15) is 11.7 Å². The van der Waals surface area contributed by atoms with E-state index in [0.29, 0.717) is 23.5 Å². The summed E-state index contributed by atoms with van der Waals surface area (Å²) < 4.78 is 0. The zero-order valence-corrected chi connectivity index (χ0v) is 13.0. The van der Waals surface area contributed by atoms with E-state index in [1.54, 1.807) is 0 Å². The molecule has 0 spiro atoms. The first-order valence-electron chi connectivity index (χ1n) is 8.77. The van der Waals surface area contributed by atoms with Crippen LogP contribution in [0.5, 0.6) is 5.75 Å². The van der Waals surface area contributed by atoms with E-state index in [9.17, 15) is 9.59 Å². The molecule has 4 atom stereocenters. The van der Waals surface area contributed by atoms with Crippen LogP contribution in [0.15, 0.2) is 18.2 Å². The van der Waals surface area contributed by atoms with Crippen molar-refractivity contribution in [2.75, 3.05) is 0 Å². The van der Waals surface area contributed by atoms with Gasteiger partial charge in [-0.15, -0.1) is 0 Å². The Morgan fingerprint density at radius 2 is 1.57 bits per heavy atom. The molecular formula is C19H21NO3. The predicted octanol–water partition coefficient (Wildman–Crippen LogP) is 2.71. The van der Waals surface area contributed by atoms with Gasteiger partial charge in [0.05, 0.1) is 0 Å². The lowest BCUT2D eigenvalue weighted by Gasteiger charge is -2.21. The van der Waals surface area contributed by atoms with Crippen LogP contribution in [0, 0.1) is 23.7 Å². The molecule has 4 fully saturated rings. The van der Waals surface area contributed by atoms with Gasteiger partial charge in [0.15, 0.2) is 11.6 Å². The van der Waals surface area contributed by atoms with Gasteiger partial charge >= 0.3 is 0 Å². The number of fused-ring (bicyclic) bond motifs is 5. The molecule has 120 valence electrons. The molecule has 0 radical (unpaired) electrons. The van der Waals surface area contributed by atoms with E-state index in [2.05, 4.69) is 0 Å². The topological polar surface area (TPSA) is 69.4 Å². The average Bonchev–Trinajstić information content (AvgIpc) is 3.11. The Bertz CT molecular complexity index is 681. The average molecular weight is 311 g/mol. The predicted molar refractivity (Wildman–Crippen MR) is 83.8 cm³/mol. The molecule has 0 saturated heterocycles. The maximum absolute atomic E-state index is 13.1. The first kappa shape index (κ1) is 13.7. The number of nitrogens with two attached hydrogens (primary N) is 1. The van der Waals surface area contributed by atoms with Crippen molar-refractivity contribution in [2.24, 2.45) is 29.6 Å². The highest BCUT2D eigenvalue weighted by atomic mass is 16.6. The summed E-state index contributed by atoms with van der Waals surface area (Å²) in [6.45, 7) is 0. The highest BCUT2D eigenvalue weighted by Gasteiger charge is 2.61. The third-order valence-corrected chi connectivity index (χ3v) is 6.66. The molecule has 0 heterocycles. The molecule has 2 N–H and O–H groups in total. The lowest BCUT2D eigenvalue weighted by molar-refractivity contribution is -0.125. The van der Waals surface area contributed by atoms with Crippen LogP contribution in [0.3, 0.4) is 0 Å². The number of ketones is 2. The Kier molecular flexibility index (Phi) is 2.79. The summed E-state index contributed by atoms with van der Waals surface area (Å²) >= 11 is 0. The summed E-state index contributed by atoms with van der Waals surface area (Å²) in [5, 5.41) is 0. The molecule has 0 aromatic heterocycles. The van der Waals surface area contributed by atoms with Crippen molar-refractivity contribution < 1.29 is 14.4 Å². The number of carbonyl (C=O) groups is 2. The molecule has 0 amide bonds. The van der Waals surface area contributed by atoms with E-state index in [4.69, 9.17) is 10.7 Å². The Balaban J connectivity index is 1.59. The van der Waals surface area contributed by atoms with Crippen LogP contribution >= 0.6 is 0 Å². The lowest BCUT2D eigenvalue weighted by Crippen LogP contribution is -2.24. The molecule has 1 aromatic rings. The summed E-state index contributed by atoms with van der Waals surface area (Å²) in [5.74, 6) is 6.97. The van der Waals surface area contributed by atoms with Crippen LogP contribution in [-0.2, 0) is 9.59 Å². The quantitative estimate of drug-likeness (QED) is 0.688. The lowest BCUT2D eigenvalue weighted by atomic mass is 9.81. The number of rotatable bonds is 3. The Hall–Kier alpha value is -1.68. The van der Waals surface area contributed by atoms with E-state index in [1.807, 2.05) is 18.2 Å². The van der Waals surface area contributed by atoms with Crippen molar-refractivity contribution in [3.8, 4) is 5.75 Å². The maximum Gasteiger partial charge on any atom is 0.151 e. The summed E-state index contributed by atoms with van der Waals surface area (Å²) in [7, 11) is 0. The minimum atomic E-state index is -0.570. The molecule has 23 heavy (non-hydrogen) atoms. The molecule has 4 heteroatoms. The molecule has 4 aliphatic carbocycles. The molecule has 0 aliphatic heterocycles. The molecular weight excluding hydrogens is 290 g/mol. The van der Waals surface area contributed by atoms with Crippen molar-refractivity contribution in [3.63, 3.8) is 0 Å². The van der Waals surface area contributed by atoms with Crippen molar-refractivity contribution in [1.29, 1.82) is 0 Å². The second-order valence-corrected chi connectivity index (χ2v) is 7.81. The second-order valence-electron chi connectivity index (χ2n) is 7.81. The van der Waals surface area contributed by atoms with Crippen LogP contribution in [0.25, 0.3) is 0 Å². The van der Waals surface area contributed by atoms with Gasteiger partial charge in [-0.05, 0) is 73.1 Å².